The Kier molecular flexibility index (Phi) is 3.29. The molecule has 0 aliphatic rings. The summed E-state index contributed by atoms with van der Waals surface area (Å²) in [4.78, 5) is 0. The summed E-state index contributed by atoms with van der Waals surface area (Å²) in [5.41, 5.74) is 3.48. The largest absolute Gasteiger partial charge is 0.309 e. The fourth-order valence-corrected chi connectivity index (χ4v) is 4.53. The van der Waals surface area contributed by atoms with Crippen LogP contribution in [0.1, 0.15) is 0 Å². The summed E-state index contributed by atoms with van der Waals surface area (Å²) >= 11 is 6.35. The number of nitrogens with zero attached hydrogens (tertiary/aromatic N) is 1. The topological polar surface area (TPSA) is 4.93 Å². The zero-order valence-corrected chi connectivity index (χ0v) is 15.8. The van der Waals surface area contributed by atoms with E-state index in [4.69, 9.17) is 11.6 Å². The summed E-state index contributed by atoms with van der Waals surface area (Å²) in [5.74, 6) is 0. The van der Waals surface area contributed by atoms with E-state index < -0.39 is 0 Å². The summed E-state index contributed by atoms with van der Waals surface area (Å²) in [5, 5.41) is 8.29. The van der Waals surface area contributed by atoms with Crippen molar-refractivity contribution < 1.29 is 0 Å². The van der Waals surface area contributed by atoms with Crippen molar-refractivity contribution in [2.24, 2.45) is 0 Å². The molecule has 132 valence electrons. The molecule has 0 radical (unpaired) electrons. The molecule has 0 unspecified atom stereocenters. The van der Waals surface area contributed by atoms with Crippen LogP contribution in [0.2, 0.25) is 5.02 Å². The van der Waals surface area contributed by atoms with E-state index in [0.29, 0.717) is 0 Å². The van der Waals surface area contributed by atoms with E-state index in [1.165, 1.54) is 37.8 Å². The van der Waals surface area contributed by atoms with Crippen molar-refractivity contribution in [2.45, 2.75) is 0 Å². The van der Waals surface area contributed by atoms with Crippen molar-refractivity contribution in [1.29, 1.82) is 0 Å². The van der Waals surface area contributed by atoms with Gasteiger partial charge in [-0.2, -0.15) is 0 Å². The van der Waals surface area contributed by atoms with Gasteiger partial charge in [-0.1, -0.05) is 78.3 Å². The Morgan fingerprint density at radius 1 is 0.500 bits per heavy atom. The van der Waals surface area contributed by atoms with E-state index in [2.05, 4.69) is 95.6 Å². The average Bonchev–Trinajstić information content (AvgIpc) is 3.06. The lowest BCUT2D eigenvalue weighted by Gasteiger charge is -2.11. The second-order valence-electron chi connectivity index (χ2n) is 7.21. The molecule has 6 rings (SSSR count). The molecule has 0 aliphatic heterocycles. The summed E-state index contributed by atoms with van der Waals surface area (Å²) in [6, 6.07) is 34.3. The third kappa shape index (κ3) is 2.20. The fraction of sp³-hybridized carbons (Fsp3) is 0. The monoisotopic (exact) mass is 377 g/mol. The molecule has 6 aromatic rings. The molecule has 0 saturated heterocycles. The van der Waals surface area contributed by atoms with Crippen molar-refractivity contribution in [2.75, 3.05) is 0 Å². The number of hydrogen-bond donors (Lipinski definition) is 0. The first-order valence-electron chi connectivity index (χ1n) is 9.40. The van der Waals surface area contributed by atoms with Crippen LogP contribution in [0.4, 0.5) is 0 Å². The van der Waals surface area contributed by atoms with Gasteiger partial charge in [0.2, 0.25) is 0 Å². The summed E-state index contributed by atoms with van der Waals surface area (Å²) in [6.07, 6.45) is 0. The highest BCUT2D eigenvalue weighted by Crippen LogP contribution is 2.35. The van der Waals surface area contributed by atoms with Crippen LogP contribution in [0.25, 0.3) is 49.0 Å². The van der Waals surface area contributed by atoms with Gasteiger partial charge in [0.15, 0.2) is 0 Å². The Morgan fingerprint density at radius 2 is 1.18 bits per heavy atom. The molecule has 0 spiro atoms. The highest BCUT2D eigenvalue weighted by Gasteiger charge is 2.13. The lowest BCUT2D eigenvalue weighted by atomic mass is 10.0. The van der Waals surface area contributed by atoms with Crippen LogP contribution < -0.4 is 0 Å². The molecule has 5 aromatic carbocycles. The molecule has 0 N–H and O–H groups in total. The van der Waals surface area contributed by atoms with Crippen LogP contribution in [0.5, 0.6) is 0 Å². The van der Waals surface area contributed by atoms with Gasteiger partial charge in [0.05, 0.1) is 11.0 Å². The van der Waals surface area contributed by atoms with Gasteiger partial charge >= 0.3 is 0 Å². The summed E-state index contributed by atoms with van der Waals surface area (Å²) in [7, 11) is 0. The van der Waals surface area contributed by atoms with Crippen LogP contribution in [0.15, 0.2) is 97.1 Å². The van der Waals surface area contributed by atoms with Gasteiger partial charge in [-0.3, -0.25) is 0 Å². The smallest absolute Gasteiger partial charge is 0.0555 e. The molecule has 1 aromatic heterocycles. The average molecular weight is 378 g/mol. The second-order valence-corrected chi connectivity index (χ2v) is 7.64. The maximum atomic E-state index is 6.35. The minimum Gasteiger partial charge on any atom is -0.309 e. The minimum atomic E-state index is 0.753. The van der Waals surface area contributed by atoms with Crippen molar-refractivity contribution in [3.63, 3.8) is 0 Å². The molecule has 1 heterocycles. The van der Waals surface area contributed by atoms with Gasteiger partial charge in [-0.15, -0.1) is 0 Å². The van der Waals surface area contributed by atoms with E-state index in [0.717, 1.165) is 16.2 Å². The number of para-hydroxylation sites is 1. The molecule has 0 saturated carbocycles. The Morgan fingerprint density at radius 3 is 2.11 bits per heavy atom. The van der Waals surface area contributed by atoms with Crippen LogP contribution in [-0.2, 0) is 0 Å². The van der Waals surface area contributed by atoms with Gasteiger partial charge in [0.25, 0.3) is 0 Å². The number of fused-ring (bicyclic) bond motifs is 6. The molecule has 0 aliphatic carbocycles. The maximum absolute atomic E-state index is 6.35. The first-order chi connectivity index (χ1) is 13.8. The number of rotatable bonds is 1. The predicted octanol–water partition coefficient (Wildman–Crippen LogP) is 7.74. The predicted molar refractivity (Wildman–Crippen MR) is 121 cm³/mol. The number of aromatic nitrogens is 1. The van der Waals surface area contributed by atoms with Crippen molar-refractivity contribution in [3.05, 3.63) is 102 Å². The van der Waals surface area contributed by atoms with Gasteiger partial charge < -0.3 is 4.57 Å². The molecule has 2 heteroatoms. The molecule has 0 bridgehead atoms. The Balaban J connectivity index is 1.71. The maximum Gasteiger partial charge on any atom is 0.0555 e. The van der Waals surface area contributed by atoms with Gasteiger partial charge in [0, 0.05) is 21.5 Å². The van der Waals surface area contributed by atoms with Crippen LogP contribution in [0, 0.1) is 0 Å². The third-order valence-electron chi connectivity index (χ3n) is 5.62. The number of halogens is 1. The Bertz CT molecular complexity index is 1520. The minimum absolute atomic E-state index is 0.753. The van der Waals surface area contributed by atoms with E-state index in [1.807, 2.05) is 6.07 Å². The lowest BCUT2D eigenvalue weighted by Crippen LogP contribution is -1.93. The van der Waals surface area contributed by atoms with E-state index >= 15 is 0 Å². The zero-order valence-electron chi connectivity index (χ0n) is 15.1. The first kappa shape index (κ1) is 15.7. The molecule has 0 amide bonds. The third-order valence-corrected chi connectivity index (χ3v) is 5.86. The standard InChI is InChI=1S/C26H16ClN/c27-19-11-13-24-23-7-3-4-8-25(23)28(26(24)16-19)20-12-14-22-18(15-20)10-9-17-5-1-2-6-21(17)22/h1-16H. The van der Waals surface area contributed by atoms with Gasteiger partial charge in [0.1, 0.15) is 0 Å². The van der Waals surface area contributed by atoms with Crippen LogP contribution in [0.3, 0.4) is 0 Å². The quantitative estimate of drug-likeness (QED) is 0.258. The van der Waals surface area contributed by atoms with Gasteiger partial charge in [-0.05, 0) is 51.9 Å². The summed E-state index contributed by atoms with van der Waals surface area (Å²) in [6.45, 7) is 0. The zero-order chi connectivity index (χ0) is 18.7. The lowest BCUT2D eigenvalue weighted by molar-refractivity contribution is 1.19. The molecule has 28 heavy (non-hydrogen) atoms. The van der Waals surface area contributed by atoms with E-state index in [-0.39, 0.29) is 0 Å². The fourth-order valence-electron chi connectivity index (χ4n) is 4.36. The van der Waals surface area contributed by atoms with E-state index in [1.54, 1.807) is 0 Å². The van der Waals surface area contributed by atoms with Crippen LogP contribution in [-0.4, -0.2) is 4.57 Å². The van der Waals surface area contributed by atoms with Gasteiger partial charge in [-0.25, -0.2) is 0 Å². The number of benzene rings is 5. The van der Waals surface area contributed by atoms with Crippen molar-refractivity contribution in [1.82, 2.24) is 4.57 Å². The SMILES string of the molecule is Clc1ccc2c3ccccc3n(-c3ccc4c(ccc5ccccc54)c3)c2c1. The first-order valence-corrected chi connectivity index (χ1v) is 9.78. The summed E-state index contributed by atoms with van der Waals surface area (Å²) < 4.78 is 2.31. The number of hydrogen-bond acceptors (Lipinski definition) is 0. The highest BCUT2D eigenvalue weighted by atomic mass is 35.5. The molecule has 0 fully saturated rings. The molecular formula is C26H16ClN. The van der Waals surface area contributed by atoms with Crippen LogP contribution >= 0.6 is 11.6 Å². The molecular weight excluding hydrogens is 362 g/mol. The Labute approximate surface area is 167 Å². The van der Waals surface area contributed by atoms with Crippen molar-refractivity contribution in [3.8, 4) is 5.69 Å². The highest BCUT2D eigenvalue weighted by molar-refractivity contribution is 6.31. The molecule has 0 atom stereocenters. The normalized spacial score (nSPS) is 11.8. The Hall–Kier alpha value is -3.29. The molecule has 1 nitrogen and oxygen atoms in total. The van der Waals surface area contributed by atoms with E-state index in [9.17, 15) is 0 Å². The van der Waals surface area contributed by atoms with Crippen molar-refractivity contribution >= 4 is 55.0 Å². The second kappa shape index (κ2) is 5.85.